The van der Waals surface area contributed by atoms with Crippen LogP contribution in [0, 0.1) is 5.92 Å². The molecule has 0 aliphatic heterocycles. The lowest BCUT2D eigenvalue weighted by molar-refractivity contribution is 0.0568. The normalized spacial score (nSPS) is 12.7. The maximum atomic E-state index is 12.5. The van der Waals surface area contributed by atoms with Crippen molar-refractivity contribution in [3.63, 3.8) is 0 Å². The monoisotopic (exact) mass is 428 g/mol. The number of halogens is 1. The fraction of sp³-hybridized carbons (Fsp3) is 0.273. The molecule has 1 saturated carbocycles. The number of benzene rings is 1. The first-order valence-corrected chi connectivity index (χ1v) is 9.88. The maximum absolute atomic E-state index is 12.5. The molecule has 1 aromatic carbocycles. The Morgan fingerprint density at radius 1 is 1.27 bits per heavy atom. The standard InChI is InChI=1S/C22H21ClN2O5/c1-3-14-8-15(11-26)17(9-19(14)29-2)16-6-7-18(21(27)24-10-13-4-5-13)25-20(16)22(28)30-12-23/h3,6-9,11,13H,1,4-5,10,12H2,2H3,(H,24,27). The molecule has 0 radical (unpaired) electrons. The third-order valence-corrected chi connectivity index (χ3v) is 4.90. The number of pyridine rings is 1. The molecule has 0 unspecified atom stereocenters. The highest BCUT2D eigenvalue weighted by molar-refractivity contribution is 6.18. The molecule has 0 spiro atoms. The van der Waals surface area contributed by atoms with Crippen LogP contribution in [0.15, 0.2) is 30.8 Å². The van der Waals surface area contributed by atoms with Gasteiger partial charge in [-0.15, -0.1) is 0 Å². The Kier molecular flexibility index (Phi) is 6.84. The molecule has 7 nitrogen and oxygen atoms in total. The number of aldehydes is 1. The third-order valence-electron chi connectivity index (χ3n) is 4.79. The summed E-state index contributed by atoms with van der Waals surface area (Å²) in [5.74, 6) is -0.225. The Morgan fingerprint density at radius 2 is 2.03 bits per heavy atom. The van der Waals surface area contributed by atoms with Crippen molar-refractivity contribution in [2.45, 2.75) is 12.8 Å². The van der Waals surface area contributed by atoms with E-state index in [4.69, 9.17) is 21.1 Å². The number of amides is 1. The summed E-state index contributed by atoms with van der Waals surface area (Å²) in [4.78, 5) is 40.9. The van der Waals surface area contributed by atoms with Crippen LogP contribution >= 0.6 is 11.6 Å². The van der Waals surface area contributed by atoms with E-state index in [2.05, 4.69) is 16.9 Å². The number of nitrogens with one attached hydrogen (secondary N) is 1. The zero-order valence-corrected chi connectivity index (χ0v) is 17.2. The lowest BCUT2D eigenvalue weighted by Crippen LogP contribution is -2.27. The Balaban J connectivity index is 2.08. The van der Waals surface area contributed by atoms with Gasteiger partial charge in [-0.2, -0.15) is 0 Å². The molecule has 1 N–H and O–H groups in total. The van der Waals surface area contributed by atoms with Crippen molar-refractivity contribution >= 4 is 35.8 Å². The SMILES string of the molecule is C=Cc1cc(C=O)c(-c2ccc(C(=O)NCC3CC3)nc2C(=O)OCCl)cc1OC. The van der Waals surface area contributed by atoms with Gasteiger partial charge in [0.1, 0.15) is 11.4 Å². The predicted octanol–water partition coefficient (Wildman–Crippen LogP) is 3.71. The molecular weight excluding hydrogens is 408 g/mol. The van der Waals surface area contributed by atoms with Crippen LogP contribution < -0.4 is 10.1 Å². The molecule has 0 saturated heterocycles. The van der Waals surface area contributed by atoms with E-state index in [1.807, 2.05) is 0 Å². The Morgan fingerprint density at radius 3 is 2.63 bits per heavy atom. The molecule has 2 aromatic rings. The summed E-state index contributed by atoms with van der Waals surface area (Å²) in [5.41, 5.74) is 1.61. The number of nitrogens with zero attached hydrogens (tertiary/aromatic N) is 1. The van der Waals surface area contributed by atoms with Crippen molar-refractivity contribution in [1.29, 1.82) is 0 Å². The van der Waals surface area contributed by atoms with Crippen molar-refractivity contribution in [3.8, 4) is 16.9 Å². The Bertz CT molecular complexity index is 1000. The maximum Gasteiger partial charge on any atom is 0.358 e. The van der Waals surface area contributed by atoms with Crippen molar-refractivity contribution in [2.24, 2.45) is 5.92 Å². The minimum Gasteiger partial charge on any atom is -0.496 e. The van der Waals surface area contributed by atoms with E-state index >= 15 is 0 Å². The van der Waals surface area contributed by atoms with E-state index in [0.717, 1.165) is 12.8 Å². The number of carbonyl (C=O) groups excluding carboxylic acids is 3. The summed E-state index contributed by atoms with van der Waals surface area (Å²) in [5, 5.41) is 2.81. The number of methoxy groups -OCH3 is 1. The van der Waals surface area contributed by atoms with E-state index in [1.54, 1.807) is 24.3 Å². The van der Waals surface area contributed by atoms with Gasteiger partial charge in [-0.25, -0.2) is 9.78 Å². The van der Waals surface area contributed by atoms with E-state index in [9.17, 15) is 14.4 Å². The second-order valence-corrected chi connectivity index (χ2v) is 7.01. The molecule has 1 fully saturated rings. The first kappa shape index (κ1) is 21.5. The highest BCUT2D eigenvalue weighted by atomic mass is 35.5. The predicted molar refractivity (Wildman–Crippen MR) is 113 cm³/mol. The zero-order chi connectivity index (χ0) is 21.7. The van der Waals surface area contributed by atoms with Crippen molar-refractivity contribution in [2.75, 3.05) is 19.7 Å². The van der Waals surface area contributed by atoms with Gasteiger partial charge in [0.2, 0.25) is 0 Å². The molecule has 8 heteroatoms. The lowest BCUT2D eigenvalue weighted by Gasteiger charge is -2.14. The second kappa shape index (κ2) is 9.54. The van der Waals surface area contributed by atoms with Gasteiger partial charge < -0.3 is 14.8 Å². The van der Waals surface area contributed by atoms with E-state index < -0.39 is 5.97 Å². The first-order valence-electron chi connectivity index (χ1n) is 9.34. The second-order valence-electron chi connectivity index (χ2n) is 6.79. The largest absolute Gasteiger partial charge is 0.496 e. The van der Waals surface area contributed by atoms with Gasteiger partial charge in [-0.1, -0.05) is 24.3 Å². The average molecular weight is 429 g/mol. The van der Waals surface area contributed by atoms with Crippen LogP contribution in [0.1, 0.15) is 49.7 Å². The number of ether oxygens (including phenoxy) is 2. The molecule has 156 valence electrons. The van der Waals surface area contributed by atoms with Crippen LogP contribution in [0.4, 0.5) is 0 Å². The summed E-state index contributed by atoms with van der Waals surface area (Å²) in [6.45, 7) is 4.28. The van der Waals surface area contributed by atoms with Crippen LogP contribution in [0.25, 0.3) is 17.2 Å². The Hall–Kier alpha value is -3.19. The van der Waals surface area contributed by atoms with Crippen LogP contribution in [0.2, 0.25) is 0 Å². The van der Waals surface area contributed by atoms with Crippen LogP contribution in [-0.4, -0.2) is 42.9 Å². The topological polar surface area (TPSA) is 94.6 Å². The fourth-order valence-corrected chi connectivity index (χ4v) is 3.11. The summed E-state index contributed by atoms with van der Waals surface area (Å²) in [6, 6.07) is 5.89. The highest BCUT2D eigenvalue weighted by Crippen LogP contribution is 2.33. The molecule has 3 rings (SSSR count). The third kappa shape index (κ3) is 4.68. The summed E-state index contributed by atoms with van der Waals surface area (Å²) in [6.07, 6.45) is 4.41. The molecule has 1 heterocycles. The van der Waals surface area contributed by atoms with Gasteiger partial charge in [-0.3, -0.25) is 9.59 Å². The zero-order valence-electron chi connectivity index (χ0n) is 16.4. The number of rotatable bonds is 9. The van der Waals surface area contributed by atoms with Crippen molar-refractivity contribution in [3.05, 3.63) is 53.4 Å². The summed E-state index contributed by atoms with van der Waals surface area (Å²) >= 11 is 5.55. The molecule has 1 aromatic heterocycles. The quantitative estimate of drug-likeness (QED) is 0.371. The number of hydrogen-bond acceptors (Lipinski definition) is 6. The summed E-state index contributed by atoms with van der Waals surface area (Å²) in [7, 11) is 1.49. The van der Waals surface area contributed by atoms with E-state index in [1.165, 1.54) is 13.2 Å². The van der Waals surface area contributed by atoms with Crippen LogP contribution in [0.3, 0.4) is 0 Å². The van der Waals surface area contributed by atoms with Crippen LogP contribution in [-0.2, 0) is 4.74 Å². The van der Waals surface area contributed by atoms with E-state index in [-0.39, 0.29) is 23.4 Å². The minimum absolute atomic E-state index is 0.0725. The molecule has 1 aliphatic carbocycles. The van der Waals surface area contributed by atoms with Crippen molar-refractivity contribution in [1.82, 2.24) is 10.3 Å². The van der Waals surface area contributed by atoms with Gasteiger partial charge in [0.15, 0.2) is 18.0 Å². The number of alkyl halides is 1. The summed E-state index contributed by atoms with van der Waals surface area (Å²) < 4.78 is 10.3. The Labute approximate surface area is 179 Å². The average Bonchev–Trinajstić information content (AvgIpc) is 3.60. The molecule has 0 bridgehead atoms. The molecular formula is C22H21ClN2O5. The molecule has 1 amide bonds. The van der Waals surface area contributed by atoms with Gasteiger partial charge in [0, 0.05) is 23.2 Å². The number of hydrogen-bond donors (Lipinski definition) is 1. The molecule has 1 aliphatic rings. The van der Waals surface area contributed by atoms with E-state index in [0.29, 0.717) is 46.8 Å². The lowest BCUT2D eigenvalue weighted by atomic mass is 9.95. The number of carbonyl (C=O) groups is 3. The smallest absolute Gasteiger partial charge is 0.358 e. The van der Waals surface area contributed by atoms with Gasteiger partial charge in [0.05, 0.1) is 7.11 Å². The first-order chi connectivity index (χ1) is 14.5. The van der Waals surface area contributed by atoms with Gasteiger partial charge in [0.25, 0.3) is 5.91 Å². The van der Waals surface area contributed by atoms with Crippen molar-refractivity contribution < 1.29 is 23.9 Å². The van der Waals surface area contributed by atoms with Gasteiger partial charge >= 0.3 is 5.97 Å². The number of esters is 1. The molecule has 0 atom stereocenters. The minimum atomic E-state index is -0.805. The number of aromatic nitrogens is 1. The molecule has 30 heavy (non-hydrogen) atoms. The highest BCUT2D eigenvalue weighted by Gasteiger charge is 2.24. The fourth-order valence-electron chi connectivity index (χ4n) is 3.01. The van der Waals surface area contributed by atoms with Crippen LogP contribution in [0.5, 0.6) is 5.75 Å². The van der Waals surface area contributed by atoms with Gasteiger partial charge in [-0.05, 0) is 48.6 Å².